The monoisotopic (exact) mass is 463 g/mol. The average molecular weight is 464 g/mol. The highest BCUT2D eigenvalue weighted by molar-refractivity contribution is 8.01. The van der Waals surface area contributed by atoms with Gasteiger partial charge in [-0.1, -0.05) is 11.8 Å². The molecule has 2 aliphatic rings. The van der Waals surface area contributed by atoms with Gasteiger partial charge < -0.3 is 25.0 Å². The largest absolute Gasteiger partial charge is 0.450 e. The molecule has 2 aliphatic heterocycles. The van der Waals surface area contributed by atoms with Crippen molar-refractivity contribution in [2.45, 2.75) is 17.3 Å². The summed E-state index contributed by atoms with van der Waals surface area (Å²) < 4.78 is 10.1. The van der Waals surface area contributed by atoms with E-state index in [0.29, 0.717) is 18.2 Å². The van der Waals surface area contributed by atoms with Gasteiger partial charge in [-0.2, -0.15) is 0 Å². The van der Waals surface area contributed by atoms with Crippen molar-refractivity contribution in [2.24, 2.45) is 0 Å². The van der Waals surface area contributed by atoms with Gasteiger partial charge in [0.15, 0.2) is 5.37 Å². The minimum atomic E-state index is -0.832. The summed E-state index contributed by atoms with van der Waals surface area (Å²) in [6.07, 6.45) is 0.900. The molecule has 0 saturated carbocycles. The second kappa shape index (κ2) is 9.54. The van der Waals surface area contributed by atoms with E-state index < -0.39 is 17.4 Å². The van der Waals surface area contributed by atoms with E-state index in [1.807, 2.05) is 6.07 Å². The fraction of sp³-hybridized carbons (Fsp3) is 0.368. The Labute approximate surface area is 186 Å². The van der Waals surface area contributed by atoms with E-state index in [-0.39, 0.29) is 18.1 Å². The molecule has 10 nitrogen and oxygen atoms in total. The number of hydrogen-bond acceptors (Lipinski definition) is 10. The number of hydrogen-bond donors (Lipinski definition) is 3. The van der Waals surface area contributed by atoms with Gasteiger partial charge in [-0.3, -0.25) is 14.9 Å². The first-order valence-electron chi connectivity index (χ1n) is 9.68. The highest BCUT2D eigenvalue weighted by Crippen LogP contribution is 2.43. The molecule has 3 N–H and O–H groups in total. The molecule has 2 aromatic heterocycles. The van der Waals surface area contributed by atoms with E-state index in [9.17, 15) is 14.4 Å². The fourth-order valence-electron chi connectivity index (χ4n) is 3.21. The number of carbonyl (C=O) groups excluding carboxylic acids is 3. The Kier molecular flexibility index (Phi) is 6.59. The molecule has 1 fully saturated rings. The zero-order valence-electron chi connectivity index (χ0n) is 16.7. The number of thiophene rings is 1. The molecule has 0 spiro atoms. The molecule has 4 rings (SSSR count). The van der Waals surface area contributed by atoms with Crippen LogP contribution in [-0.4, -0.2) is 61.2 Å². The number of nitrogens with zero attached hydrogens (tertiary/aromatic N) is 2. The lowest BCUT2D eigenvalue weighted by Gasteiger charge is -2.30. The average Bonchev–Trinajstić information content (AvgIpc) is 3.41. The predicted octanol–water partition coefficient (Wildman–Crippen LogP) is 2.35. The van der Waals surface area contributed by atoms with Crippen LogP contribution in [0.3, 0.4) is 0 Å². The molecule has 0 aliphatic carbocycles. The molecule has 31 heavy (non-hydrogen) atoms. The van der Waals surface area contributed by atoms with Gasteiger partial charge in [0.1, 0.15) is 10.0 Å². The van der Waals surface area contributed by atoms with E-state index in [0.717, 1.165) is 29.5 Å². The van der Waals surface area contributed by atoms with Crippen LogP contribution in [0.15, 0.2) is 28.7 Å². The van der Waals surface area contributed by atoms with E-state index in [4.69, 9.17) is 9.47 Å². The molecular weight excluding hydrogens is 442 g/mol. The quantitative estimate of drug-likeness (QED) is 0.613. The number of ether oxygens (including phenoxy) is 2. The van der Waals surface area contributed by atoms with Crippen molar-refractivity contribution in [1.29, 1.82) is 0 Å². The van der Waals surface area contributed by atoms with Crippen LogP contribution in [0.2, 0.25) is 0 Å². The van der Waals surface area contributed by atoms with E-state index in [2.05, 4.69) is 25.8 Å². The number of carbonyl (C=O) groups is 3. The number of rotatable bonds is 5. The Morgan fingerprint density at radius 1 is 1.32 bits per heavy atom. The van der Waals surface area contributed by atoms with Crippen molar-refractivity contribution in [1.82, 2.24) is 10.3 Å². The van der Waals surface area contributed by atoms with Gasteiger partial charge >= 0.3 is 6.09 Å². The number of fused-ring (bicyclic) bond motifs is 1. The first-order valence-corrected chi connectivity index (χ1v) is 11.4. The number of alkyl carbamates (subject to hydrolysis) is 1. The first kappa shape index (κ1) is 21.4. The van der Waals surface area contributed by atoms with E-state index in [1.165, 1.54) is 29.2 Å². The van der Waals surface area contributed by atoms with E-state index in [1.54, 1.807) is 18.5 Å². The zero-order valence-corrected chi connectivity index (χ0v) is 18.3. The lowest BCUT2D eigenvalue weighted by molar-refractivity contribution is -0.115. The summed E-state index contributed by atoms with van der Waals surface area (Å²) in [6.45, 7) is 4.65. The molecule has 0 bridgehead atoms. The summed E-state index contributed by atoms with van der Waals surface area (Å²) in [6, 6.07) is 3.46. The number of amides is 3. The number of thioether (sulfide) groups is 1. The minimum Gasteiger partial charge on any atom is -0.450 e. The maximum absolute atomic E-state index is 12.9. The van der Waals surface area contributed by atoms with Gasteiger partial charge in [-0.15, -0.1) is 11.3 Å². The predicted molar refractivity (Wildman–Crippen MR) is 118 cm³/mol. The van der Waals surface area contributed by atoms with Gasteiger partial charge in [0.2, 0.25) is 0 Å². The van der Waals surface area contributed by atoms with Gasteiger partial charge in [-0.25, -0.2) is 9.78 Å². The second-order valence-electron chi connectivity index (χ2n) is 6.58. The summed E-state index contributed by atoms with van der Waals surface area (Å²) in [5, 5.41) is 10.3. The third kappa shape index (κ3) is 4.75. The van der Waals surface area contributed by atoms with Crippen LogP contribution >= 0.6 is 23.1 Å². The smallest absolute Gasteiger partial charge is 0.414 e. The van der Waals surface area contributed by atoms with E-state index >= 15 is 0 Å². The minimum absolute atomic E-state index is 0.151. The third-order valence-electron chi connectivity index (χ3n) is 4.63. The van der Waals surface area contributed by atoms with Crippen molar-refractivity contribution in [3.05, 3.63) is 29.3 Å². The Hall–Kier alpha value is -2.83. The summed E-state index contributed by atoms with van der Waals surface area (Å²) >= 11 is 2.51. The zero-order chi connectivity index (χ0) is 21.8. The van der Waals surface area contributed by atoms with Crippen molar-refractivity contribution >= 4 is 57.4 Å². The topological polar surface area (TPSA) is 122 Å². The van der Waals surface area contributed by atoms with Crippen molar-refractivity contribution in [3.8, 4) is 0 Å². The maximum Gasteiger partial charge on any atom is 0.414 e. The molecule has 3 amide bonds. The molecule has 0 aromatic carbocycles. The molecule has 164 valence electrons. The Balaban J connectivity index is 1.43. The summed E-state index contributed by atoms with van der Waals surface area (Å²) in [7, 11) is 0. The molecule has 1 unspecified atom stereocenters. The third-order valence-corrected chi connectivity index (χ3v) is 6.56. The normalized spacial score (nSPS) is 17.5. The number of anilines is 3. The molecular formula is C19H21N5O5S2. The standard InChI is InChI=1S/C19H21N5O5S2/c1-2-29-19(27)23-14(25)11-4-10-30-16(11)22-15(26)18-21-13-12(3-5-20-17(13)31-18)24-6-8-28-9-7-24/h3-5,10,18,21H,2,6-9H2,1H3,(H,22,26)(H,23,25,27). The Morgan fingerprint density at radius 3 is 2.90 bits per heavy atom. The van der Waals surface area contributed by atoms with Crippen LogP contribution in [0.1, 0.15) is 17.3 Å². The number of morpholine rings is 1. The highest BCUT2D eigenvalue weighted by atomic mass is 32.2. The molecule has 12 heteroatoms. The van der Waals surface area contributed by atoms with Crippen molar-refractivity contribution in [2.75, 3.05) is 48.4 Å². The van der Waals surface area contributed by atoms with Gasteiger partial charge in [0.25, 0.3) is 11.8 Å². The van der Waals surface area contributed by atoms with Crippen LogP contribution in [0, 0.1) is 0 Å². The molecule has 1 atom stereocenters. The Bertz CT molecular complexity index is 992. The lowest BCUT2D eigenvalue weighted by atomic mass is 10.2. The van der Waals surface area contributed by atoms with Crippen LogP contribution < -0.4 is 20.9 Å². The maximum atomic E-state index is 12.9. The van der Waals surface area contributed by atoms with Crippen molar-refractivity contribution in [3.63, 3.8) is 0 Å². The van der Waals surface area contributed by atoms with Crippen LogP contribution in [0.4, 0.5) is 21.2 Å². The number of nitrogens with one attached hydrogen (secondary N) is 3. The molecule has 0 radical (unpaired) electrons. The molecule has 4 heterocycles. The molecule has 2 aromatic rings. The first-order chi connectivity index (χ1) is 15.1. The van der Waals surface area contributed by atoms with Crippen molar-refractivity contribution < 1.29 is 23.9 Å². The summed E-state index contributed by atoms with van der Waals surface area (Å²) in [4.78, 5) is 43.3. The number of imide groups is 1. The van der Waals surface area contributed by atoms with Gasteiger partial charge in [-0.05, 0) is 24.4 Å². The van der Waals surface area contributed by atoms with Crippen LogP contribution in [0.25, 0.3) is 0 Å². The van der Waals surface area contributed by atoms with Crippen LogP contribution in [-0.2, 0) is 14.3 Å². The summed E-state index contributed by atoms with van der Waals surface area (Å²) in [5.74, 6) is -0.954. The van der Waals surface area contributed by atoms with Gasteiger partial charge in [0.05, 0.1) is 36.8 Å². The SMILES string of the molecule is CCOC(=O)NC(=O)c1ccsc1NC(=O)C1Nc2c(N3CCOCC3)ccnc2S1. The summed E-state index contributed by atoms with van der Waals surface area (Å²) in [5.41, 5.74) is 2.00. The fourth-order valence-corrected chi connectivity index (χ4v) is 4.96. The number of pyridine rings is 1. The molecule has 1 saturated heterocycles. The lowest BCUT2D eigenvalue weighted by Crippen LogP contribution is -2.37. The van der Waals surface area contributed by atoms with Crippen LogP contribution in [0.5, 0.6) is 0 Å². The number of aromatic nitrogens is 1. The second-order valence-corrected chi connectivity index (χ2v) is 8.59. The van der Waals surface area contributed by atoms with Gasteiger partial charge in [0, 0.05) is 19.3 Å². The highest BCUT2D eigenvalue weighted by Gasteiger charge is 2.33. The Morgan fingerprint density at radius 2 is 2.13 bits per heavy atom.